The van der Waals surface area contributed by atoms with E-state index in [0.29, 0.717) is 11.3 Å². The summed E-state index contributed by atoms with van der Waals surface area (Å²) in [4.78, 5) is 24.3. The van der Waals surface area contributed by atoms with Gasteiger partial charge < -0.3 is 4.74 Å². The zero-order valence-corrected chi connectivity index (χ0v) is 13.5. The van der Waals surface area contributed by atoms with Gasteiger partial charge in [-0.15, -0.1) is 0 Å². The number of ketones is 1. The summed E-state index contributed by atoms with van der Waals surface area (Å²) in [5, 5.41) is 4.13. The molecule has 5 nitrogen and oxygen atoms in total. The van der Waals surface area contributed by atoms with Crippen LogP contribution in [0.4, 0.5) is 4.39 Å². The van der Waals surface area contributed by atoms with Gasteiger partial charge in [0.1, 0.15) is 18.1 Å². The first-order valence-electron chi connectivity index (χ1n) is 7.59. The van der Waals surface area contributed by atoms with Crippen molar-refractivity contribution in [3.05, 3.63) is 82.4 Å². The molecule has 0 amide bonds. The second-order valence-corrected chi connectivity index (χ2v) is 5.35. The van der Waals surface area contributed by atoms with Gasteiger partial charge in [-0.1, -0.05) is 30.3 Å². The standard InChI is InChI=1S/C19H15FN2O3/c1-25-14-7-8-15(16(20)11-14)17-9-10-19(24)22(21-17)12-18(23)13-5-3-2-4-6-13/h2-11H,12H2,1H3. The Morgan fingerprint density at radius 2 is 1.88 bits per heavy atom. The number of rotatable bonds is 5. The molecule has 0 saturated carbocycles. The molecule has 1 heterocycles. The number of benzene rings is 2. The summed E-state index contributed by atoms with van der Waals surface area (Å²) in [6.45, 7) is -0.214. The average molecular weight is 338 g/mol. The third-order valence-electron chi connectivity index (χ3n) is 3.71. The van der Waals surface area contributed by atoms with Crippen LogP contribution in [0.15, 0.2) is 65.5 Å². The highest BCUT2D eigenvalue weighted by molar-refractivity contribution is 5.95. The quantitative estimate of drug-likeness (QED) is 0.671. The van der Waals surface area contributed by atoms with Crippen molar-refractivity contribution in [1.82, 2.24) is 9.78 Å². The number of carbonyl (C=O) groups is 1. The van der Waals surface area contributed by atoms with Gasteiger partial charge in [0.05, 0.1) is 12.8 Å². The highest BCUT2D eigenvalue weighted by Crippen LogP contribution is 2.24. The summed E-state index contributed by atoms with van der Waals surface area (Å²) < 4.78 is 20.2. The molecule has 2 aromatic carbocycles. The van der Waals surface area contributed by atoms with Gasteiger partial charge in [-0.05, 0) is 18.2 Å². The van der Waals surface area contributed by atoms with E-state index in [9.17, 15) is 14.0 Å². The lowest BCUT2D eigenvalue weighted by atomic mass is 10.1. The lowest BCUT2D eigenvalue weighted by Crippen LogP contribution is -2.26. The Balaban J connectivity index is 1.93. The summed E-state index contributed by atoms with van der Waals surface area (Å²) in [6, 6.07) is 15.7. The Morgan fingerprint density at radius 1 is 1.12 bits per heavy atom. The fraction of sp³-hybridized carbons (Fsp3) is 0.105. The number of methoxy groups -OCH3 is 1. The number of halogens is 1. The fourth-order valence-corrected chi connectivity index (χ4v) is 2.39. The first kappa shape index (κ1) is 16.6. The van der Waals surface area contributed by atoms with E-state index in [4.69, 9.17) is 4.74 Å². The van der Waals surface area contributed by atoms with E-state index in [1.165, 1.54) is 31.4 Å². The topological polar surface area (TPSA) is 61.2 Å². The highest BCUT2D eigenvalue weighted by Gasteiger charge is 2.12. The molecule has 0 fully saturated rings. The second kappa shape index (κ2) is 7.09. The lowest BCUT2D eigenvalue weighted by molar-refractivity contribution is 0.0966. The minimum atomic E-state index is -0.522. The third kappa shape index (κ3) is 3.63. The molecular weight excluding hydrogens is 323 g/mol. The molecule has 126 valence electrons. The molecule has 0 atom stereocenters. The Labute approximate surface area is 143 Å². The van der Waals surface area contributed by atoms with E-state index in [1.807, 2.05) is 0 Å². The maximum Gasteiger partial charge on any atom is 0.267 e. The van der Waals surface area contributed by atoms with Crippen LogP contribution in [0.3, 0.4) is 0 Å². The van der Waals surface area contributed by atoms with Crippen molar-refractivity contribution >= 4 is 5.78 Å². The van der Waals surface area contributed by atoms with E-state index in [-0.39, 0.29) is 23.6 Å². The molecule has 0 aliphatic rings. The van der Waals surface area contributed by atoms with Gasteiger partial charge >= 0.3 is 0 Å². The van der Waals surface area contributed by atoms with Crippen LogP contribution in [0, 0.1) is 5.82 Å². The number of carbonyl (C=O) groups excluding carboxylic acids is 1. The zero-order valence-electron chi connectivity index (χ0n) is 13.5. The Hall–Kier alpha value is -3.28. The molecule has 0 N–H and O–H groups in total. The molecule has 0 unspecified atom stereocenters. The van der Waals surface area contributed by atoms with E-state index >= 15 is 0 Å². The fourth-order valence-electron chi connectivity index (χ4n) is 2.39. The maximum absolute atomic E-state index is 14.2. The molecule has 3 aromatic rings. The van der Waals surface area contributed by atoms with E-state index in [1.54, 1.807) is 36.4 Å². The van der Waals surface area contributed by atoms with E-state index in [2.05, 4.69) is 5.10 Å². The summed E-state index contributed by atoms with van der Waals surface area (Å²) in [5.74, 6) is -0.386. The average Bonchev–Trinajstić information content (AvgIpc) is 2.64. The molecule has 25 heavy (non-hydrogen) atoms. The van der Waals surface area contributed by atoms with Crippen molar-refractivity contribution in [2.45, 2.75) is 6.54 Å². The van der Waals surface area contributed by atoms with Crippen LogP contribution >= 0.6 is 0 Å². The van der Waals surface area contributed by atoms with Crippen molar-refractivity contribution in [1.29, 1.82) is 0 Å². The molecule has 3 rings (SSSR count). The Kier molecular flexibility index (Phi) is 4.70. The molecule has 0 radical (unpaired) electrons. The molecule has 6 heteroatoms. The zero-order chi connectivity index (χ0) is 17.8. The Bertz CT molecular complexity index is 968. The normalized spacial score (nSPS) is 10.5. The number of hydrogen-bond acceptors (Lipinski definition) is 4. The number of aromatic nitrogens is 2. The van der Waals surface area contributed by atoms with Gasteiger partial charge in [0.2, 0.25) is 0 Å². The molecule has 0 aliphatic carbocycles. The summed E-state index contributed by atoms with van der Waals surface area (Å²) in [6.07, 6.45) is 0. The monoisotopic (exact) mass is 338 g/mol. The summed E-state index contributed by atoms with van der Waals surface area (Å²) in [5.41, 5.74) is 0.543. The molecule has 0 bridgehead atoms. The third-order valence-corrected chi connectivity index (χ3v) is 3.71. The predicted octanol–water partition coefficient (Wildman–Crippen LogP) is 2.94. The van der Waals surface area contributed by atoms with Crippen molar-refractivity contribution in [3.63, 3.8) is 0 Å². The van der Waals surface area contributed by atoms with Gasteiger partial charge in [-0.3, -0.25) is 9.59 Å². The number of Topliss-reactive ketones (excluding diaryl/α,β-unsaturated/α-hetero) is 1. The summed E-state index contributed by atoms with van der Waals surface area (Å²) >= 11 is 0. The van der Waals surface area contributed by atoms with Crippen molar-refractivity contribution in [2.24, 2.45) is 0 Å². The first-order chi connectivity index (χ1) is 12.1. The smallest absolute Gasteiger partial charge is 0.267 e. The number of hydrogen-bond donors (Lipinski definition) is 0. The first-order valence-corrected chi connectivity index (χ1v) is 7.59. The van der Waals surface area contributed by atoms with Crippen LogP contribution < -0.4 is 10.3 Å². The molecule has 0 saturated heterocycles. The minimum Gasteiger partial charge on any atom is -0.497 e. The van der Waals surface area contributed by atoms with Crippen molar-refractivity contribution in [3.8, 4) is 17.0 Å². The second-order valence-electron chi connectivity index (χ2n) is 5.35. The van der Waals surface area contributed by atoms with Crippen LogP contribution in [0.25, 0.3) is 11.3 Å². The van der Waals surface area contributed by atoms with Crippen LogP contribution in [0.5, 0.6) is 5.75 Å². The molecular formula is C19H15FN2O3. The SMILES string of the molecule is COc1ccc(-c2ccc(=O)n(CC(=O)c3ccccc3)n2)c(F)c1. The number of nitrogens with zero attached hydrogens (tertiary/aromatic N) is 2. The molecule has 1 aromatic heterocycles. The van der Waals surface area contributed by atoms with E-state index in [0.717, 1.165) is 4.68 Å². The van der Waals surface area contributed by atoms with Gasteiger partial charge in [-0.2, -0.15) is 5.10 Å². The predicted molar refractivity (Wildman–Crippen MR) is 91.2 cm³/mol. The van der Waals surface area contributed by atoms with Gasteiger partial charge in [0.25, 0.3) is 5.56 Å². The highest BCUT2D eigenvalue weighted by atomic mass is 19.1. The Morgan fingerprint density at radius 3 is 2.56 bits per heavy atom. The van der Waals surface area contributed by atoms with Gasteiger partial charge in [0, 0.05) is 23.3 Å². The summed E-state index contributed by atoms with van der Waals surface area (Å²) in [7, 11) is 1.45. The van der Waals surface area contributed by atoms with Gasteiger partial charge in [0.15, 0.2) is 5.78 Å². The maximum atomic E-state index is 14.2. The van der Waals surface area contributed by atoms with E-state index < -0.39 is 11.4 Å². The molecule has 0 spiro atoms. The lowest BCUT2D eigenvalue weighted by Gasteiger charge is -2.08. The molecule has 0 aliphatic heterocycles. The van der Waals surface area contributed by atoms with Crippen LogP contribution in [0.2, 0.25) is 0 Å². The van der Waals surface area contributed by atoms with Crippen molar-refractivity contribution in [2.75, 3.05) is 7.11 Å². The van der Waals surface area contributed by atoms with Crippen LogP contribution in [-0.4, -0.2) is 22.7 Å². The minimum absolute atomic E-state index is 0.214. The van der Waals surface area contributed by atoms with Crippen LogP contribution in [-0.2, 0) is 6.54 Å². The number of ether oxygens (including phenoxy) is 1. The van der Waals surface area contributed by atoms with Crippen molar-refractivity contribution < 1.29 is 13.9 Å². The van der Waals surface area contributed by atoms with Gasteiger partial charge in [-0.25, -0.2) is 9.07 Å². The van der Waals surface area contributed by atoms with Crippen LogP contribution in [0.1, 0.15) is 10.4 Å². The largest absolute Gasteiger partial charge is 0.497 e.